The van der Waals surface area contributed by atoms with Gasteiger partial charge in [0, 0.05) is 11.1 Å². The molecule has 0 saturated carbocycles. The Labute approximate surface area is 141 Å². The van der Waals surface area contributed by atoms with E-state index in [0.717, 1.165) is 22.4 Å². The van der Waals surface area contributed by atoms with Crippen molar-refractivity contribution in [1.82, 2.24) is 5.32 Å². The Bertz CT molecular complexity index is 820. The van der Waals surface area contributed by atoms with Gasteiger partial charge in [-0.2, -0.15) is 0 Å². The van der Waals surface area contributed by atoms with Crippen LogP contribution in [0.4, 0.5) is 5.69 Å². The van der Waals surface area contributed by atoms with E-state index in [1.807, 2.05) is 43.3 Å². The minimum Gasteiger partial charge on any atom is -0.459 e. The van der Waals surface area contributed by atoms with Gasteiger partial charge in [0.15, 0.2) is 5.11 Å². The minimum atomic E-state index is -0.00561. The van der Waals surface area contributed by atoms with Crippen molar-refractivity contribution >= 4 is 34.0 Å². The van der Waals surface area contributed by atoms with Crippen molar-refractivity contribution in [3.05, 3.63) is 65.4 Å². The molecule has 2 aromatic carbocycles. The van der Waals surface area contributed by atoms with Crippen LogP contribution in [0.3, 0.4) is 0 Å². The summed E-state index contributed by atoms with van der Waals surface area (Å²) in [7, 11) is 0. The monoisotopic (exact) mass is 324 g/mol. The first-order valence-electron chi connectivity index (χ1n) is 7.66. The number of thiocarbonyl (C=S) groups is 1. The Morgan fingerprint density at radius 2 is 1.83 bits per heavy atom. The van der Waals surface area contributed by atoms with Crippen molar-refractivity contribution in [3.8, 4) is 0 Å². The quantitative estimate of drug-likeness (QED) is 0.658. The van der Waals surface area contributed by atoms with E-state index in [9.17, 15) is 0 Å². The van der Waals surface area contributed by atoms with Gasteiger partial charge in [0.25, 0.3) is 0 Å². The van der Waals surface area contributed by atoms with Crippen molar-refractivity contribution in [3.63, 3.8) is 0 Å². The lowest BCUT2D eigenvalue weighted by molar-refractivity contribution is 0.493. The van der Waals surface area contributed by atoms with E-state index in [1.54, 1.807) is 0 Å². The summed E-state index contributed by atoms with van der Waals surface area (Å²) in [4.78, 5) is 0. The van der Waals surface area contributed by atoms with Gasteiger partial charge in [0.05, 0.1) is 6.04 Å². The van der Waals surface area contributed by atoms with Gasteiger partial charge in [0.2, 0.25) is 0 Å². The smallest absolute Gasteiger partial charge is 0.171 e. The number of para-hydroxylation sites is 1. The van der Waals surface area contributed by atoms with Crippen molar-refractivity contribution in [1.29, 1.82) is 0 Å². The highest BCUT2D eigenvalue weighted by atomic mass is 32.1. The maximum atomic E-state index is 5.87. The summed E-state index contributed by atoms with van der Waals surface area (Å²) >= 11 is 5.41. The van der Waals surface area contributed by atoms with Crippen molar-refractivity contribution in [2.75, 3.05) is 5.32 Å². The topological polar surface area (TPSA) is 37.2 Å². The molecule has 1 aromatic heterocycles. The molecule has 0 aliphatic carbocycles. The van der Waals surface area contributed by atoms with E-state index < -0.39 is 0 Å². The average Bonchev–Trinajstić information content (AvgIpc) is 2.95. The molecule has 3 aromatic rings. The van der Waals surface area contributed by atoms with Crippen molar-refractivity contribution < 1.29 is 4.42 Å². The van der Waals surface area contributed by atoms with Gasteiger partial charge in [-0.05, 0) is 68.4 Å². The number of hydrogen-bond donors (Lipinski definition) is 2. The summed E-state index contributed by atoms with van der Waals surface area (Å²) < 4.78 is 5.87. The standard InChI is InChI=1S/C19H20N2OS/c1-12-8-9-16(10-13(12)2)21-19(23)20-14(3)18-11-15-6-4-5-7-17(15)22-18/h4-11,14H,1-3H3,(H2,20,21,23)/t14-/m0/s1. The minimum absolute atomic E-state index is 0.00561. The Morgan fingerprint density at radius 1 is 1.04 bits per heavy atom. The van der Waals surface area contributed by atoms with Gasteiger partial charge in [-0.3, -0.25) is 0 Å². The molecule has 0 saturated heterocycles. The summed E-state index contributed by atoms with van der Waals surface area (Å²) in [5.41, 5.74) is 4.39. The number of aryl methyl sites for hydroxylation is 2. The second-order valence-corrected chi connectivity index (χ2v) is 6.21. The van der Waals surface area contributed by atoms with Crippen LogP contribution in [0.5, 0.6) is 0 Å². The van der Waals surface area contributed by atoms with Gasteiger partial charge in [0.1, 0.15) is 11.3 Å². The first kappa shape index (κ1) is 15.6. The van der Waals surface area contributed by atoms with Crippen LogP contribution in [-0.4, -0.2) is 5.11 Å². The van der Waals surface area contributed by atoms with Crippen LogP contribution in [-0.2, 0) is 0 Å². The number of fused-ring (bicyclic) bond motifs is 1. The van der Waals surface area contributed by atoms with Crippen LogP contribution in [0.1, 0.15) is 29.9 Å². The second kappa shape index (κ2) is 6.42. The maximum absolute atomic E-state index is 5.87. The Kier molecular flexibility index (Phi) is 4.35. The average molecular weight is 324 g/mol. The number of anilines is 1. The maximum Gasteiger partial charge on any atom is 0.171 e. The largest absolute Gasteiger partial charge is 0.459 e. The molecule has 0 aliphatic heterocycles. The van der Waals surface area contributed by atoms with Crippen LogP contribution < -0.4 is 10.6 Å². The molecular weight excluding hydrogens is 304 g/mol. The first-order valence-corrected chi connectivity index (χ1v) is 8.07. The Hall–Kier alpha value is -2.33. The zero-order chi connectivity index (χ0) is 16.4. The van der Waals surface area contributed by atoms with E-state index in [2.05, 4.69) is 36.6 Å². The molecule has 3 rings (SSSR count). The molecule has 2 N–H and O–H groups in total. The molecular formula is C19H20N2OS. The molecule has 1 heterocycles. The third kappa shape index (κ3) is 3.54. The predicted octanol–water partition coefficient (Wildman–Crippen LogP) is 5.10. The second-order valence-electron chi connectivity index (χ2n) is 5.81. The van der Waals surface area contributed by atoms with E-state index in [4.69, 9.17) is 16.6 Å². The highest BCUT2D eigenvalue weighted by Crippen LogP contribution is 2.23. The Morgan fingerprint density at radius 3 is 2.57 bits per heavy atom. The zero-order valence-corrected chi connectivity index (χ0v) is 14.3. The third-order valence-corrected chi connectivity index (χ3v) is 4.20. The van der Waals surface area contributed by atoms with Crippen molar-refractivity contribution in [2.45, 2.75) is 26.8 Å². The van der Waals surface area contributed by atoms with Crippen LogP contribution >= 0.6 is 12.2 Å². The van der Waals surface area contributed by atoms with Crippen molar-refractivity contribution in [2.24, 2.45) is 0 Å². The van der Waals surface area contributed by atoms with Crippen LogP contribution in [0.15, 0.2) is 52.9 Å². The fraction of sp³-hybridized carbons (Fsp3) is 0.211. The van der Waals surface area contributed by atoms with Gasteiger partial charge in [-0.25, -0.2) is 0 Å². The third-order valence-electron chi connectivity index (χ3n) is 3.98. The lowest BCUT2D eigenvalue weighted by Crippen LogP contribution is -2.30. The van der Waals surface area contributed by atoms with E-state index >= 15 is 0 Å². The van der Waals surface area contributed by atoms with Gasteiger partial charge >= 0.3 is 0 Å². The number of hydrogen-bond acceptors (Lipinski definition) is 2. The lowest BCUT2D eigenvalue weighted by atomic mass is 10.1. The molecule has 3 nitrogen and oxygen atoms in total. The number of benzene rings is 2. The fourth-order valence-corrected chi connectivity index (χ4v) is 2.76. The summed E-state index contributed by atoms with van der Waals surface area (Å²) in [6.45, 7) is 6.22. The molecule has 0 amide bonds. The first-order chi connectivity index (χ1) is 11.0. The summed E-state index contributed by atoms with van der Waals surface area (Å²) in [6.07, 6.45) is 0. The molecule has 0 radical (unpaired) electrons. The molecule has 0 aliphatic rings. The lowest BCUT2D eigenvalue weighted by Gasteiger charge is -2.15. The van der Waals surface area contributed by atoms with Crippen LogP contribution in [0.2, 0.25) is 0 Å². The molecule has 0 unspecified atom stereocenters. The van der Waals surface area contributed by atoms with E-state index in [1.165, 1.54) is 11.1 Å². The normalized spacial score (nSPS) is 12.1. The molecule has 4 heteroatoms. The fourth-order valence-electron chi connectivity index (χ4n) is 2.47. The highest BCUT2D eigenvalue weighted by Gasteiger charge is 2.12. The molecule has 0 fully saturated rings. The summed E-state index contributed by atoms with van der Waals surface area (Å²) in [5.74, 6) is 0.871. The number of furan rings is 1. The van der Waals surface area contributed by atoms with Crippen LogP contribution in [0.25, 0.3) is 11.0 Å². The molecule has 118 valence electrons. The summed E-state index contributed by atoms with van der Waals surface area (Å²) in [6, 6.07) is 16.2. The highest BCUT2D eigenvalue weighted by molar-refractivity contribution is 7.80. The number of rotatable bonds is 3. The SMILES string of the molecule is Cc1ccc(NC(=S)N[C@@H](C)c2cc3ccccc3o2)cc1C. The predicted molar refractivity (Wildman–Crippen MR) is 99.9 cm³/mol. The summed E-state index contributed by atoms with van der Waals surface area (Å²) in [5, 5.41) is 8.17. The van der Waals surface area contributed by atoms with Crippen LogP contribution in [0, 0.1) is 13.8 Å². The molecule has 0 bridgehead atoms. The molecule has 0 spiro atoms. The molecule has 1 atom stereocenters. The van der Waals surface area contributed by atoms with E-state index in [0.29, 0.717) is 5.11 Å². The van der Waals surface area contributed by atoms with E-state index in [-0.39, 0.29) is 6.04 Å². The number of nitrogens with one attached hydrogen (secondary N) is 2. The van der Waals surface area contributed by atoms with Gasteiger partial charge in [-0.15, -0.1) is 0 Å². The zero-order valence-electron chi connectivity index (χ0n) is 13.5. The Balaban J connectivity index is 1.67. The van der Waals surface area contributed by atoms with Gasteiger partial charge in [-0.1, -0.05) is 24.3 Å². The van der Waals surface area contributed by atoms with Gasteiger partial charge < -0.3 is 15.1 Å². The molecule has 23 heavy (non-hydrogen) atoms.